The van der Waals surface area contributed by atoms with E-state index in [0.717, 1.165) is 0 Å². The van der Waals surface area contributed by atoms with Gasteiger partial charge in [-0.25, -0.2) is 0 Å². The summed E-state index contributed by atoms with van der Waals surface area (Å²) in [5.74, 6) is -0.566. The van der Waals surface area contributed by atoms with E-state index in [1.807, 2.05) is 5.38 Å². The fourth-order valence-electron chi connectivity index (χ4n) is 2.67. The van der Waals surface area contributed by atoms with E-state index < -0.39 is 4.92 Å². The number of hydrogen-bond acceptors (Lipinski definition) is 6. The van der Waals surface area contributed by atoms with E-state index in [2.05, 4.69) is 10.6 Å². The summed E-state index contributed by atoms with van der Waals surface area (Å²) in [6.45, 7) is 0.546. The maximum Gasteiger partial charge on any atom is 0.292 e. The Morgan fingerprint density at radius 1 is 0.929 bits per heavy atom. The van der Waals surface area contributed by atoms with Crippen molar-refractivity contribution in [3.05, 3.63) is 92.2 Å². The molecular formula is C20H17N3O4S. The molecular weight excluding hydrogens is 378 g/mol. The summed E-state index contributed by atoms with van der Waals surface area (Å²) in [7, 11) is 0. The highest BCUT2D eigenvalue weighted by Crippen LogP contribution is 2.22. The zero-order chi connectivity index (χ0) is 19.9. The molecule has 1 amide bonds. The largest absolute Gasteiger partial charge is 0.378 e. The monoisotopic (exact) mass is 395 g/mol. The Bertz CT molecular complexity index is 1000. The molecule has 3 rings (SSSR count). The van der Waals surface area contributed by atoms with E-state index in [1.54, 1.807) is 54.6 Å². The lowest BCUT2D eigenvalue weighted by molar-refractivity contribution is -0.384. The van der Waals surface area contributed by atoms with E-state index in [1.165, 1.54) is 17.4 Å². The van der Waals surface area contributed by atoms with E-state index in [9.17, 15) is 19.7 Å². The maximum absolute atomic E-state index is 12.6. The summed E-state index contributed by atoms with van der Waals surface area (Å²) in [4.78, 5) is 36.2. The molecule has 0 spiro atoms. The summed E-state index contributed by atoms with van der Waals surface area (Å²) in [6.07, 6.45) is 0. The molecule has 0 unspecified atom stereocenters. The predicted molar refractivity (Wildman–Crippen MR) is 108 cm³/mol. The molecule has 0 saturated carbocycles. The van der Waals surface area contributed by atoms with Crippen molar-refractivity contribution in [1.82, 2.24) is 5.32 Å². The highest BCUT2D eigenvalue weighted by Gasteiger charge is 2.18. The Morgan fingerprint density at radius 2 is 1.64 bits per heavy atom. The number of nitro groups is 1. The first-order chi connectivity index (χ1) is 13.6. The number of carbonyl (C=O) groups excluding carboxylic acids is 2. The molecule has 28 heavy (non-hydrogen) atoms. The Kier molecular flexibility index (Phi) is 6.13. The molecule has 8 heteroatoms. The number of nitrogens with zero attached hydrogens (tertiary/aromatic N) is 1. The summed E-state index contributed by atoms with van der Waals surface area (Å²) >= 11 is 1.32. The average Bonchev–Trinajstić information content (AvgIpc) is 3.25. The van der Waals surface area contributed by atoms with Crippen LogP contribution in [0.4, 0.5) is 11.4 Å². The Hall–Kier alpha value is -3.52. The third-order valence-corrected chi connectivity index (χ3v) is 4.86. The number of ketones is 1. The molecule has 1 heterocycles. The van der Waals surface area contributed by atoms with E-state index >= 15 is 0 Å². The normalized spacial score (nSPS) is 10.3. The Labute approximate surface area is 165 Å². The van der Waals surface area contributed by atoms with Crippen molar-refractivity contribution in [2.75, 3.05) is 18.4 Å². The van der Waals surface area contributed by atoms with Crippen LogP contribution in [0.2, 0.25) is 0 Å². The molecule has 0 aliphatic heterocycles. The molecule has 0 atom stereocenters. The minimum atomic E-state index is -0.465. The molecule has 0 aliphatic rings. The number of nitro benzene ring substituents is 1. The number of thiophene rings is 1. The van der Waals surface area contributed by atoms with Crippen LogP contribution in [0.15, 0.2) is 66.0 Å². The van der Waals surface area contributed by atoms with Crippen LogP contribution in [-0.2, 0) is 0 Å². The smallest absolute Gasteiger partial charge is 0.292 e. The number of nitrogens with one attached hydrogen (secondary N) is 2. The van der Waals surface area contributed by atoms with Crippen molar-refractivity contribution in [3.8, 4) is 0 Å². The molecule has 0 radical (unpaired) electrons. The molecule has 2 N–H and O–H groups in total. The van der Waals surface area contributed by atoms with Crippen molar-refractivity contribution >= 4 is 34.4 Å². The van der Waals surface area contributed by atoms with Crippen LogP contribution in [0.1, 0.15) is 25.6 Å². The van der Waals surface area contributed by atoms with Crippen molar-refractivity contribution in [2.24, 2.45) is 0 Å². The van der Waals surface area contributed by atoms with E-state index in [0.29, 0.717) is 28.2 Å². The van der Waals surface area contributed by atoms with Gasteiger partial charge in [-0.3, -0.25) is 19.7 Å². The number of carbonyl (C=O) groups is 2. The lowest BCUT2D eigenvalue weighted by atomic mass is 10.0. The first kappa shape index (κ1) is 19.2. The van der Waals surface area contributed by atoms with Gasteiger partial charge < -0.3 is 10.6 Å². The van der Waals surface area contributed by atoms with Crippen LogP contribution in [0, 0.1) is 10.1 Å². The van der Waals surface area contributed by atoms with Crippen molar-refractivity contribution in [1.29, 1.82) is 0 Å². The second-order valence-electron chi connectivity index (χ2n) is 5.81. The SMILES string of the molecule is O=C(NCCNc1ccccc1[N+](=O)[O-])c1ccccc1C(=O)c1cccs1. The van der Waals surface area contributed by atoms with E-state index in [-0.39, 0.29) is 23.9 Å². The van der Waals surface area contributed by atoms with Crippen molar-refractivity contribution in [3.63, 3.8) is 0 Å². The quantitative estimate of drug-likeness (QED) is 0.262. The Balaban J connectivity index is 1.62. The van der Waals surface area contributed by atoms with Crippen LogP contribution in [0.3, 0.4) is 0 Å². The highest BCUT2D eigenvalue weighted by molar-refractivity contribution is 7.12. The van der Waals surface area contributed by atoms with Gasteiger partial charge in [0.2, 0.25) is 5.78 Å². The molecule has 0 aliphatic carbocycles. The van der Waals surface area contributed by atoms with Gasteiger partial charge in [0.1, 0.15) is 5.69 Å². The lowest BCUT2D eigenvalue weighted by Crippen LogP contribution is -2.30. The average molecular weight is 395 g/mol. The van der Waals surface area contributed by atoms with Gasteiger partial charge in [-0.05, 0) is 23.6 Å². The number of para-hydroxylation sites is 2. The second-order valence-corrected chi connectivity index (χ2v) is 6.76. The van der Waals surface area contributed by atoms with Crippen LogP contribution < -0.4 is 10.6 Å². The van der Waals surface area contributed by atoms with Gasteiger partial charge in [-0.2, -0.15) is 0 Å². The standard InChI is InChI=1S/C20H17N3O4S/c24-19(18-10-5-13-28-18)14-6-1-2-7-15(14)20(25)22-12-11-21-16-8-3-4-9-17(16)23(26)27/h1-10,13,21H,11-12H2,(H,22,25). The van der Waals surface area contributed by atoms with Gasteiger partial charge in [-0.15, -0.1) is 11.3 Å². The highest BCUT2D eigenvalue weighted by atomic mass is 32.1. The van der Waals surface area contributed by atoms with Crippen LogP contribution >= 0.6 is 11.3 Å². The zero-order valence-electron chi connectivity index (χ0n) is 14.8. The van der Waals surface area contributed by atoms with Gasteiger partial charge in [0.15, 0.2) is 0 Å². The maximum atomic E-state index is 12.6. The van der Waals surface area contributed by atoms with Crippen LogP contribution in [0.25, 0.3) is 0 Å². The molecule has 2 aromatic carbocycles. The predicted octanol–water partition coefficient (Wildman–Crippen LogP) is 3.73. The molecule has 0 bridgehead atoms. The number of amides is 1. The molecule has 7 nitrogen and oxygen atoms in total. The van der Waals surface area contributed by atoms with E-state index in [4.69, 9.17) is 0 Å². The molecule has 142 valence electrons. The summed E-state index contributed by atoms with van der Waals surface area (Å²) in [5, 5.41) is 18.5. The molecule has 3 aromatic rings. The van der Waals surface area contributed by atoms with Crippen LogP contribution in [0.5, 0.6) is 0 Å². The second kappa shape index (κ2) is 8.92. The minimum absolute atomic E-state index is 0.0271. The molecule has 0 saturated heterocycles. The summed E-state index contributed by atoms with van der Waals surface area (Å²) in [5.41, 5.74) is 0.997. The van der Waals surface area contributed by atoms with Gasteiger partial charge >= 0.3 is 0 Å². The zero-order valence-corrected chi connectivity index (χ0v) is 15.6. The first-order valence-electron chi connectivity index (χ1n) is 8.50. The first-order valence-corrected chi connectivity index (χ1v) is 9.38. The number of rotatable bonds is 8. The van der Waals surface area contributed by atoms with Crippen LogP contribution in [-0.4, -0.2) is 29.7 Å². The fraction of sp³-hybridized carbons (Fsp3) is 0.100. The topological polar surface area (TPSA) is 101 Å². The van der Waals surface area contributed by atoms with Gasteiger partial charge in [0.25, 0.3) is 11.6 Å². The van der Waals surface area contributed by atoms with Gasteiger partial charge in [0.05, 0.1) is 15.4 Å². The molecule has 0 fully saturated rings. The number of anilines is 1. The summed E-state index contributed by atoms with van der Waals surface area (Å²) < 4.78 is 0. The van der Waals surface area contributed by atoms with Gasteiger partial charge in [0, 0.05) is 24.7 Å². The minimum Gasteiger partial charge on any atom is -0.378 e. The lowest BCUT2D eigenvalue weighted by Gasteiger charge is -2.10. The summed E-state index contributed by atoms with van der Waals surface area (Å²) in [6, 6.07) is 16.5. The van der Waals surface area contributed by atoms with Gasteiger partial charge in [-0.1, -0.05) is 36.4 Å². The Morgan fingerprint density at radius 3 is 2.36 bits per heavy atom. The number of hydrogen-bond donors (Lipinski definition) is 2. The third-order valence-electron chi connectivity index (χ3n) is 3.99. The third kappa shape index (κ3) is 4.41. The van der Waals surface area contributed by atoms with Crippen molar-refractivity contribution < 1.29 is 14.5 Å². The fourth-order valence-corrected chi connectivity index (χ4v) is 3.35. The molecule has 1 aromatic heterocycles. The van der Waals surface area contributed by atoms with Crippen molar-refractivity contribution in [2.45, 2.75) is 0 Å². The number of benzene rings is 2.